The van der Waals surface area contributed by atoms with Gasteiger partial charge in [-0.25, -0.2) is 4.68 Å². The molecule has 0 bridgehead atoms. The second kappa shape index (κ2) is 8.94. The number of benzene rings is 1. The Morgan fingerprint density at radius 3 is 2.83 bits per heavy atom. The highest BCUT2D eigenvalue weighted by Gasteiger charge is 2.28. The largest absolute Gasteiger partial charge is 0.356 e. The molecule has 1 amide bonds. The molecule has 0 saturated carbocycles. The molecule has 0 spiro atoms. The van der Waals surface area contributed by atoms with E-state index in [1.165, 1.54) is 0 Å². The first-order chi connectivity index (χ1) is 14.4. The molecule has 1 aliphatic rings. The maximum absolute atomic E-state index is 12.6. The highest BCUT2D eigenvalue weighted by Crippen LogP contribution is 2.34. The van der Waals surface area contributed by atoms with Crippen molar-refractivity contribution in [3.8, 4) is 5.69 Å². The average Bonchev–Trinajstić information content (AvgIpc) is 3.29. The SMILES string of the molecule is Cc1nn(-c2ccc(Cl)cc2)c2nc(N3CCC[C@H](C(=O)NCCC(C)C)C3)sc12. The minimum atomic E-state index is 0.0202. The van der Waals surface area contributed by atoms with Crippen LogP contribution < -0.4 is 10.2 Å². The fourth-order valence-corrected chi connectivity index (χ4v) is 4.96. The van der Waals surface area contributed by atoms with E-state index < -0.39 is 0 Å². The Kier molecular flexibility index (Phi) is 6.29. The molecule has 1 fully saturated rings. The van der Waals surface area contributed by atoms with Crippen molar-refractivity contribution in [1.82, 2.24) is 20.1 Å². The van der Waals surface area contributed by atoms with Crippen LogP contribution in [0.15, 0.2) is 24.3 Å². The molecule has 1 aromatic carbocycles. The lowest BCUT2D eigenvalue weighted by atomic mass is 9.97. The number of carbonyl (C=O) groups excluding carboxylic acids is 1. The molecular formula is C22H28ClN5OS. The van der Waals surface area contributed by atoms with Crippen LogP contribution in [0.5, 0.6) is 0 Å². The van der Waals surface area contributed by atoms with Gasteiger partial charge in [0.2, 0.25) is 5.91 Å². The van der Waals surface area contributed by atoms with Crippen molar-refractivity contribution < 1.29 is 4.79 Å². The van der Waals surface area contributed by atoms with Crippen molar-refractivity contribution in [3.05, 3.63) is 35.0 Å². The number of nitrogens with one attached hydrogen (secondary N) is 1. The maximum Gasteiger partial charge on any atom is 0.224 e. The van der Waals surface area contributed by atoms with E-state index in [-0.39, 0.29) is 11.8 Å². The molecule has 2 aromatic heterocycles. The van der Waals surface area contributed by atoms with Gasteiger partial charge in [-0.15, -0.1) is 0 Å². The van der Waals surface area contributed by atoms with Crippen molar-refractivity contribution in [3.63, 3.8) is 0 Å². The molecule has 1 aliphatic heterocycles. The number of rotatable bonds is 6. The summed E-state index contributed by atoms with van der Waals surface area (Å²) in [6.45, 7) is 8.77. The molecule has 1 saturated heterocycles. The summed E-state index contributed by atoms with van der Waals surface area (Å²) in [5.41, 5.74) is 2.76. The molecule has 1 N–H and O–H groups in total. The van der Waals surface area contributed by atoms with Crippen LogP contribution in [0.2, 0.25) is 5.02 Å². The Bertz CT molecular complexity index is 1030. The molecule has 1 atom stereocenters. The lowest BCUT2D eigenvalue weighted by Crippen LogP contribution is -2.43. The van der Waals surface area contributed by atoms with Crippen molar-refractivity contribution >= 4 is 44.3 Å². The van der Waals surface area contributed by atoms with Crippen molar-refractivity contribution in [2.45, 2.75) is 40.0 Å². The molecule has 0 aliphatic carbocycles. The van der Waals surface area contributed by atoms with E-state index in [0.29, 0.717) is 10.9 Å². The van der Waals surface area contributed by atoms with Crippen LogP contribution in [0.3, 0.4) is 0 Å². The maximum atomic E-state index is 12.6. The van der Waals surface area contributed by atoms with Crippen LogP contribution in [0, 0.1) is 18.8 Å². The summed E-state index contributed by atoms with van der Waals surface area (Å²) >= 11 is 7.69. The van der Waals surface area contributed by atoms with Gasteiger partial charge in [-0.05, 0) is 56.4 Å². The van der Waals surface area contributed by atoms with Gasteiger partial charge in [0, 0.05) is 24.7 Å². The van der Waals surface area contributed by atoms with E-state index in [0.717, 1.165) is 65.8 Å². The number of piperidine rings is 1. The van der Waals surface area contributed by atoms with Crippen molar-refractivity contribution in [2.75, 3.05) is 24.5 Å². The normalized spacial score (nSPS) is 17.1. The lowest BCUT2D eigenvalue weighted by Gasteiger charge is -2.31. The monoisotopic (exact) mass is 445 g/mol. The second-order valence-electron chi connectivity index (χ2n) is 8.38. The van der Waals surface area contributed by atoms with Gasteiger partial charge < -0.3 is 10.2 Å². The number of nitrogens with zero attached hydrogens (tertiary/aromatic N) is 4. The third-order valence-corrected chi connectivity index (χ3v) is 7.00. The number of amides is 1. The zero-order chi connectivity index (χ0) is 21.3. The summed E-state index contributed by atoms with van der Waals surface area (Å²) < 4.78 is 2.96. The standard InChI is InChI=1S/C22H28ClN5OS/c1-14(2)10-11-24-21(29)16-5-4-12-27(13-16)22-25-20-19(30-22)15(3)26-28(20)18-8-6-17(23)7-9-18/h6-9,14,16H,4-5,10-13H2,1-3H3,(H,24,29)/t16-/m0/s1. The average molecular weight is 446 g/mol. The smallest absolute Gasteiger partial charge is 0.224 e. The topological polar surface area (TPSA) is 63.1 Å². The van der Waals surface area contributed by atoms with Crippen LogP contribution in [0.4, 0.5) is 5.13 Å². The Hall–Kier alpha value is -2.12. The molecule has 0 unspecified atom stereocenters. The summed E-state index contributed by atoms with van der Waals surface area (Å²) in [5, 5.41) is 9.44. The van der Waals surface area contributed by atoms with E-state index in [1.807, 2.05) is 35.9 Å². The van der Waals surface area contributed by atoms with Crippen molar-refractivity contribution in [2.24, 2.45) is 11.8 Å². The van der Waals surface area contributed by atoms with Gasteiger partial charge in [-0.1, -0.05) is 36.8 Å². The Labute approximate surface area is 186 Å². The molecule has 3 heterocycles. The molecule has 3 aromatic rings. The van der Waals surface area contributed by atoms with Gasteiger partial charge in [-0.3, -0.25) is 4.79 Å². The number of aromatic nitrogens is 3. The minimum absolute atomic E-state index is 0.0202. The van der Waals surface area contributed by atoms with Gasteiger partial charge in [0.25, 0.3) is 0 Å². The first kappa shape index (κ1) is 21.1. The van der Waals surface area contributed by atoms with Crippen LogP contribution in [0.1, 0.15) is 38.8 Å². The van der Waals surface area contributed by atoms with Gasteiger partial charge in [0.15, 0.2) is 10.8 Å². The van der Waals surface area contributed by atoms with Gasteiger partial charge in [0.1, 0.15) is 0 Å². The molecule has 8 heteroatoms. The number of halogens is 1. The summed E-state index contributed by atoms with van der Waals surface area (Å²) in [6.07, 6.45) is 2.95. The van der Waals surface area contributed by atoms with E-state index in [4.69, 9.17) is 16.6 Å². The molecule has 160 valence electrons. The lowest BCUT2D eigenvalue weighted by molar-refractivity contribution is -0.125. The zero-order valence-electron chi connectivity index (χ0n) is 17.7. The number of aryl methyl sites for hydroxylation is 1. The van der Waals surface area contributed by atoms with Gasteiger partial charge in [-0.2, -0.15) is 10.1 Å². The van der Waals surface area contributed by atoms with Crippen LogP contribution >= 0.6 is 22.9 Å². The number of carbonyl (C=O) groups is 1. The molecule has 0 radical (unpaired) electrons. The van der Waals surface area contributed by atoms with Crippen LogP contribution in [-0.2, 0) is 4.79 Å². The van der Waals surface area contributed by atoms with Crippen LogP contribution in [0.25, 0.3) is 16.0 Å². The van der Waals surface area contributed by atoms with E-state index >= 15 is 0 Å². The molecular weight excluding hydrogens is 418 g/mol. The Balaban J connectivity index is 1.52. The molecule has 4 rings (SSSR count). The van der Waals surface area contributed by atoms with Crippen molar-refractivity contribution in [1.29, 1.82) is 0 Å². The summed E-state index contributed by atoms with van der Waals surface area (Å²) in [6, 6.07) is 7.62. The predicted molar refractivity (Wildman–Crippen MR) is 124 cm³/mol. The minimum Gasteiger partial charge on any atom is -0.356 e. The zero-order valence-corrected chi connectivity index (χ0v) is 19.3. The predicted octanol–water partition coefficient (Wildman–Crippen LogP) is 4.82. The molecule has 30 heavy (non-hydrogen) atoms. The van der Waals surface area contributed by atoms with Crippen LogP contribution in [-0.4, -0.2) is 40.3 Å². The first-order valence-corrected chi connectivity index (χ1v) is 11.8. The number of hydrogen-bond donors (Lipinski definition) is 1. The quantitative estimate of drug-likeness (QED) is 0.590. The highest BCUT2D eigenvalue weighted by atomic mass is 35.5. The Morgan fingerprint density at radius 1 is 1.33 bits per heavy atom. The second-order valence-corrected chi connectivity index (χ2v) is 9.80. The van der Waals surface area contributed by atoms with E-state index in [1.54, 1.807) is 11.3 Å². The fourth-order valence-electron chi connectivity index (χ4n) is 3.81. The molecule has 6 nitrogen and oxygen atoms in total. The first-order valence-electron chi connectivity index (χ1n) is 10.6. The fraction of sp³-hybridized carbons (Fsp3) is 0.500. The number of fused-ring (bicyclic) bond motifs is 1. The summed E-state index contributed by atoms with van der Waals surface area (Å²) in [4.78, 5) is 19.8. The highest BCUT2D eigenvalue weighted by molar-refractivity contribution is 7.22. The third-order valence-electron chi connectivity index (χ3n) is 5.53. The van der Waals surface area contributed by atoms with E-state index in [2.05, 4.69) is 29.2 Å². The van der Waals surface area contributed by atoms with Gasteiger partial charge in [0.05, 0.1) is 22.0 Å². The number of hydrogen-bond acceptors (Lipinski definition) is 5. The summed E-state index contributed by atoms with van der Waals surface area (Å²) in [7, 11) is 0. The van der Waals surface area contributed by atoms with E-state index in [9.17, 15) is 4.79 Å². The number of thiazole rings is 1. The summed E-state index contributed by atoms with van der Waals surface area (Å²) in [5.74, 6) is 0.788. The van der Waals surface area contributed by atoms with Gasteiger partial charge >= 0.3 is 0 Å². The Morgan fingerprint density at radius 2 is 2.10 bits per heavy atom. The third kappa shape index (κ3) is 4.47. The number of anilines is 1.